The first-order chi connectivity index (χ1) is 10.8. The van der Waals surface area contributed by atoms with Crippen molar-refractivity contribution >= 4 is 17.4 Å². The van der Waals surface area contributed by atoms with Crippen LogP contribution >= 0.6 is 0 Å². The van der Waals surface area contributed by atoms with Crippen LogP contribution in [0.2, 0.25) is 0 Å². The third kappa shape index (κ3) is 4.32. The molecule has 1 aromatic carbocycles. The highest BCUT2D eigenvalue weighted by Crippen LogP contribution is 2.33. The van der Waals surface area contributed by atoms with Gasteiger partial charge in [-0.1, -0.05) is 30.3 Å². The highest BCUT2D eigenvalue weighted by atomic mass is 19.4. The number of rotatable bonds is 3. The van der Waals surface area contributed by atoms with Gasteiger partial charge >= 0.3 is 12.1 Å². The van der Waals surface area contributed by atoms with E-state index in [4.69, 9.17) is 9.84 Å². The van der Waals surface area contributed by atoms with Crippen LogP contribution in [0.15, 0.2) is 36.4 Å². The molecule has 0 spiro atoms. The lowest BCUT2D eigenvalue weighted by molar-refractivity contribution is -0.158. The Kier molecular flexibility index (Phi) is 5.05. The van der Waals surface area contributed by atoms with Gasteiger partial charge in [0, 0.05) is 12.6 Å². The second-order valence-electron chi connectivity index (χ2n) is 4.90. The molecule has 0 radical (unpaired) electrons. The molecule has 1 saturated heterocycles. The second kappa shape index (κ2) is 6.82. The van der Waals surface area contributed by atoms with E-state index in [0.717, 1.165) is 4.90 Å². The molecule has 8 heteroatoms. The van der Waals surface area contributed by atoms with Crippen LogP contribution in [0.1, 0.15) is 5.56 Å². The van der Waals surface area contributed by atoms with Crippen molar-refractivity contribution in [2.75, 3.05) is 19.7 Å². The molecule has 1 fully saturated rings. The van der Waals surface area contributed by atoms with Gasteiger partial charge in [0.15, 0.2) is 6.10 Å². The summed E-state index contributed by atoms with van der Waals surface area (Å²) in [6, 6.07) is 6.96. The van der Waals surface area contributed by atoms with E-state index in [0.29, 0.717) is 6.08 Å². The zero-order chi connectivity index (χ0) is 17.0. The van der Waals surface area contributed by atoms with Crippen molar-refractivity contribution in [3.05, 3.63) is 42.0 Å². The summed E-state index contributed by atoms with van der Waals surface area (Å²) in [4.78, 5) is 24.0. The maximum Gasteiger partial charge on any atom is 0.417 e. The number of aliphatic carboxylic acids is 1. The third-order valence-corrected chi connectivity index (χ3v) is 3.31. The Morgan fingerprint density at radius 2 is 1.91 bits per heavy atom. The summed E-state index contributed by atoms with van der Waals surface area (Å²) in [6.07, 6.45) is -5.43. The van der Waals surface area contributed by atoms with Crippen LogP contribution in [-0.4, -0.2) is 53.9 Å². The molecule has 0 saturated carbocycles. The fourth-order valence-electron chi connectivity index (χ4n) is 2.16. The van der Waals surface area contributed by atoms with Crippen LogP contribution in [0, 0.1) is 0 Å². The summed E-state index contributed by atoms with van der Waals surface area (Å²) in [5.41, 5.74) is -1.20. The molecule has 124 valence electrons. The molecule has 5 nitrogen and oxygen atoms in total. The molecule has 1 aromatic rings. The predicted octanol–water partition coefficient (Wildman–Crippen LogP) is 1.94. The van der Waals surface area contributed by atoms with Crippen LogP contribution in [0.5, 0.6) is 0 Å². The van der Waals surface area contributed by atoms with Crippen LogP contribution in [0.25, 0.3) is 5.57 Å². The maximum atomic E-state index is 13.2. The van der Waals surface area contributed by atoms with Gasteiger partial charge in [0.1, 0.15) is 0 Å². The molecule has 0 aliphatic carbocycles. The van der Waals surface area contributed by atoms with Crippen LogP contribution < -0.4 is 0 Å². The SMILES string of the molecule is O=C(O)C1CN(C(=O)C=C(c2ccccc2)C(F)(F)F)CCO1. The van der Waals surface area contributed by atoms with Crippen LogP contribution in [-0.2, 0) is 14.3 Å². The summed E-state index contributed by atoms with van der Waals surface area (Å²) in [7, 11) is 0. The van der Waals surface area contributed by atoms with Crippen molar-refractivity contribution in [3.63, 3.8) is 0 Å². The predicted molar refractivity (Wildman–Crippen MR) is 74.4 cm³/mol. The quantitative estimate of drug-likeness (QED) is 0.861. The van der Waals surface area contributed by atoms with Crippen molar-refractivity contribution in [3.8, 4) is 0 Å². The number of alkyl halides is 3. The molecule has 0 bridgehead atoms. The molecule has 23 heavy (non-hydrogen) atoms. The molecule has 1 aliphatic rings. The zero-order valence-electron chi connectivity index (χ0n) is 11.9. The molecule has 1 amide bonds. The first-order valence-corrected chi connectivity index (χ1v) is 6.76. The smallest absolute Gasteiger partial charge is 0.417 e. The van der Waals surface area contributed by atoms with Gasteiger partial charge in [0.2, 0.25) is 5.91 Å². The minimum absolute atomic E-state index is 0.0385. The Morgan fingerprint density at radius 1 is 1.26 bits per heavy atom. The van der Waals surface area contributed by atoms with Gasteiger partial charge < -0.3 is 14.7 Å². The number of hydrogen-bond donors (Lipinski definition) is 1. The summed E-state index contributed by atoms with van der Waals surface area (Å²) in [6.45, 7) is -0.285. The van der Waals surface area contributed by atoms with Gasteiger partial charge in [-0.25, -0.2) is 4.79 Å². The lowest BCUT2D eigenvalue weighted by atomic mass is 10.0. The van der Waals surface area contributed by atoms with Crippen molar-refractivity contribution in [2.45, 2.75) is 12.3 Å². The van der Waals surface area contributed by atoms with E-state index in [1.165, 1.54) is 24.3 Å². The summed E-state index contributed by atoms with van der Waals surface area (Å²) >= 11 is 0. The first kappa shape index (κ1) is 17.0. The number of ether oxygens (including phenoxy) is 1. The van der Waals surface area contributed by atoms with Crippen LogP contribution in [0.4, 0.5) is 13.2 Å². The molecule has 1 atom stereocenters. The normalized spacial score (nSPS) is 19.5. The van der Waals surface area contributed by atoms with Crippen molar-refractivity contribution in [1.29, 1.82) is 0 Å². The number of nitrogens with zero attached hydrogens (tertiary/aromatic N) is 1. The average molecular weight is 329 g/mol. The van der Waals surface area contributed by atoms with Crippen LogP contribution in [0.3, 0.4) is 0 Å². The van der Waals surface area contributed by atoms with E-state index >= 15 is 0 Å². The molecule has 1 aliphatic heterocycles. The number of carbonyl (C=O) groups is 2. The zero-order valence-corrected chi connectivity index (χ0v) is 11.9. The van der Waals surface area contributed by atoms with E-state index < -0.39 is 29.7 Å². The number of hydrogen-bond acceptors (Lipinski definition) is 3. The van der Waals surface area contributed by atoms with Gasteiger partial charge in [-0.15, -0.1) is 0 Å². The monoisotopic (exact) mass is 329 g/mol. The lowest BCUT2D eigenvalue weighted by Crippen LogP contribution is -2.48. The van der Waals surface area contributed by atoms with Crippen molar-refractivity contribution in [1.82, 2.24) is 4.90 Å². The number of carbonyl (C=O) groups excluding carboxylic acids is 1. The van der Waals surface area contributed by atoms with Gasteiger partial charge in [0.05, 0.1) is 18.7 Å². The standard InChI is InChI=1S/C15H14F3NO4/c16-15(17,18)11(10-4-2-1-3-5-10)8-13(20)19-6-7-23-12(9-19)14(21)22/h1-5,8,12H,6-7,9H2,(H,21,22). The molecule has 1 N–H and O–H groups in total. The Morgan fingerprint density at radius 3 is 2.48 bits per heavy atom. The molecular formula is C15H14F3NO4. The number of morpholine rings is 1. The number of benzene rings is 1. The minimum atomic E-state index is -4.70. The van der Waals surface area contributed by atoms with Crippen molar-refractivity contribution < 1.29 is 32.6 Å². The number of carboxylic acid groups (broad SMARTS) is 1. The Balaban J connectivity index is 2.25. The maximum absolute atomic E-state index is 13.2. The number of halogens is 3. The molecule has 0 aromatic heterocycles. The fraction of sp³-hybridized carbons (Fsp3) is 0.333. The van der Waals surface area contributed by atoms with Gasteiger partial charge in [-0.2, -0.15) is 13.2 Å². The summed E-state index contributed by atoms with van der Waals surface area (Å²) in [5.74, 6) is -2.15. The number of carboxylic acids is 1. The molecule has 1 unspecified atom stereocenters. The molecular weight excluding hydrogens is 315 g/mol. The van der Waals surface area contributed by atoms with E-state index in [1.54, 1.807) is 6.07 Å². The Bertz CT molecular complexity index is 613. The topological polar surface area (TPSA) is 66.8 Å². The highest BCUT2D eigenvalue weighted by molar-refractivity contribution is 5.96. The minimum Gasteiger partial charge on any atom is -0.479 e. The van der Waals surface area contributed by atoms with Crippen molar-refractivity contribution in [2.24, 2.45) is 0 Å². The molecule has 2 rings (SSSR count). The third-order valence-electron chi connectivity index (χ3n) is 3.31. The largest absolute Gasteiger partial charge is 0.479 e. The summed E-state index contributed by atoms with van der Waals surface area (Å²) in [5, 5.41) is 8.87. The van der Waals surface area contributed by atoms with E-state index in [-0.39, 0.29) is 25.3 Å². The Labute approximate surface area is 130 Å². The lowest BCUT2D eigenvalue weighted by Gasteiger charge is -2.30. The van der Waals surface area contributed by atoms with Gasteiger partial charge in [-0.3, -0.25) is 4.79 Å². The van der Waals surface area contributed by atoms with E-state index in [1.807, 2.05) is 0 Å². The van der Waals surface area contributed by atoms with Gasteiger partial charge in [0.25, 0.3) is 0 Å². The van der Waals surface area contributed by atoms with Gasteiger partial charge in [-0.05, 0) is 5.56 Å². The fourth-order valence-corrected chi connectivity index (χ4v) is 2.16. The molecule has 1 heterocycles. The second-order valence-corrected chi connectivity index (χ2v) is 4.90. The van der Waals surface area contributed by atoms with E-state index in [2.05, 4.69) is 0 Å². The first-order valence-electron chi connectivity index (χ1n) is 6.76. The highest BCUT2D eigenvalue weighted by Gasteiger charge is 2.36. The Hall–Kier alpha value is -2.35. The number of amides is 1. The average Bonchev–Trinajstić information content (AvgIpc) is 2.52. The number of allylic oxidation sites excluding steroid dienone is 1. The summed E-state index contributed by atoms with van der Waals surface area (Å²) < 4.78 is 44.5. The van der Waals surface area contributed by atoms with E-state index in [9.17, 15) is 22.8 Å².